The van der Waals surface area contributed by atoms with Crippen LogP contribution in [0.2, 0.25) is 0 Å². The highest BCUT2D eigenvalue weighted by Gasteiger charge is 2.20. The Kier molecular flexibility index (Phi) is 7.47. The zero-order valence-corrected chi connectivity index (χ0v) is 14.4. The fourth-order valence-corrected chi connectivity index (χ4v) is 3.44. The van der Waals surface area contributed by atoms with Gasteiger partial charge in [-0.1, -0.05) is 13.3 Å². The number of aromatic carboxylic acids is 1. The molecular formula is C15H24N2O5S. The summed E-state index contributed by atoms with van der Waals surface area (Å²) in [4.78, 5) is 11.3. The molecule has 0 bridgehead atoms. The Morgan fingerprint density at radius 2 is 2.09 bits per heavy atom. The van der Waals surface area contributed by atoms with E-state index in [1.165, 1.54) is 18.2 Å². The van der Waals surface area contributed by atoms with Crippen molar-refractivity contribution in [3.63, 3.8) is 0 Å². The largest absolute Gasteiger partial charge is 0.478 e. The molecule has 23 heavy (non-hydrogen) atoms. The van der Waals surface area contributed by atoms with E-state index in [-0.39, 0.29) is 16.5 Å². The Morgan fingerprint density at radius 1 is 1.39 bits per heavy atom. The third kappa shape index (κ3) is 5.81. The molecule has 130 valence electrons. The third-order valence-corrected chi connectivity index (χ3v) is 4.82. The first kappa shape index (κ1) is 19.4. The second-order valence-corrected chi connectivity index (χ2v) is 6.96. The number of ether oxygens (including phenoxy) is 1. The third-order valence-electron chi connectivity index (χ3n) is 3.23. The fraction of sp³-hybridized carbons (Fsp3) is 0.533. The lowest BCUT2D eigenvalue weighted by Crippen LogP contribution is -2.32. The second-order valence-electron chi connectivity index (χ2n) is 5.24. The Bertz CT molecular complexity index is 631. The molecule has 1 aromatic rings. The number of carboxylic acid groups (broad SMARTS) is 1. The van der Waals surface area contributed by atoms with Gasteiger partial charge in [0.05, 0.1) is 17.1 Å². The first-order chi connectivity index (χ1) is 10.8. The van der Waals surface area contributed by atoms with E-state index in [4.69, 9.17) is 4.74 Å². The Hall–Kier alpha value is -1.64. The molecule has 1 unspecified atom stereocenters. The summed E-state index contributed by atoms with van der Waals surface area (Å²) in [6, 6.07) is 3.80. The summed E-state index contributed by atoms with van der Waals surface area (Å²) in [5.41, 5.74) is 0.266. The quantitative estimate of drug-likeness (QED) is 0.560. The van der Waals surface area contributed by atoms with Crippen molar-refractivity contribution in [2.75, 3.05) is 25.6 Å². The smallest absolute Gasteiger partial charge is 0.337 e. The average Bonchev–Trinajstić information content (AvgIpc) is 2.47. The minimum Gasteiger partial charge on any atom is -0.478 e. The van der Waals surface area contributed by atoms with Gasteiger partial charge in [0.25, 0.3) is 0 Å². The van der Waals surface area contributed by atoms with Crippen LogP contribution >= 0.6 is 0 Å². The number of rotatable bonds is 10. The molecule has 1 atom stereocenters. The van der Waals surface area contributed by atoms with Gasteiger partial charge >= 0.3 is 5.97 Å². The normalized spacial score (nSPS) is 12.8. The van der Waals surface area contributed by atoms with E-state index in [1.807, 2.05) is 6.92 Å². The number of carboxylic acids is 1. The number of carbonyl (C=O) groups is 1. The topological polar surface area (TPSA) is 105 Å². The molecule has 0 saturated heterocycles. The van der Waals surface area contributed by atoms with Crippen molar-refractivity contribution in [2.45, 2.75) is 37.6 Å². The summed E-state index contributed by atoms with van der Waals surface area (Å²) in [5, 5.41) is 12.2. The SMILES string of the molecule is CCCC(C)NS(=O)(=O)c1ccc(NCCOC)c(C(=O)O)c1. The maximum atomic E-state index is 12.3. The van der Waals surface area contributed by atoms with E-state index in [0.29, 0.717) is 25.3 Å². The van der Waals surface area contributed by atoms with Crippen molar-refractivity contribution < 1.29 is 23.1 Å². The predicted octanol–water partition coefficient (Wildman–Crippen LogP) is 1.91. The molecule has 0 fully saturated rings. The van der Waals surface area contributed by atoms with Gasteiger partial charge in [-0.05, 0) is 31.5 Å². The Morgan fingerprint density at radius 3 is 2.65 bits per heavy atom. The van der Waals surface area contributed by atoms with Crippen LogP contribution in [0.15, 0.2) is 23.1 Å². The van der Waals surface area contributed by atoms with Crippen LogP contribution in [0.3, 0.4) is 0 Å². The van der Waals surface area contributed by atoms with Crippen molar-refractivity contribution in [3.8, 4) is 0 Å². The fourth-order valence-electron chi connectivity index (χ4n) is 2.13. The summed E-state index contributed by atoms with van der Waals surface area (Å²) >= 11 is 0. The van der Waals surface area contributed by atoms with E-state index in [1.54, 1.807) is 14.0 Å². The van der Waals surface area contributed by atoms with Gasteiger partial charge in [-0.15, -0.1) is 0 Å². The van der Waals surface area contributed by atoms with Gasteiger partial charge in [-0.2, -0.15) is 0 Å². The summed E-state index contributed by atoms with van der Waals surface area (Å²) in [6.07, 6.45) is 1.56. The zero-order chi connectivity index (χ0) is 17.5. The highest BCUT2D eigenvalue weighted by Crippen LogP contribution is 2.21. The molecule has 0 heterocycles. The Labute approximate surface area is 137 Å². The van der Waals surface area contributed by atoms with Crippen LogP contribution in [0.1, 0.15) is 37.0 Å². The molecule has 7 nitrogen and oxygen atoms in total. The molecule has 8 heteroatoms. The summed E-state index contributed by atoms with van der Waals surface area (Å²) < 4.78 is 32.1. The Balaban J connectivity index is 3.04. The van der Waals surface area contributed by atoms with E-state index < -0.39 is 16.0 Å². The molecule has 0 aliphatic heterocycles. The minimum absolute atomic E-state index is 0.0601. The number of methoxy groups -OCH3 is 1. The standard InChI is InChI=1S/C15H24N2O5S/c1-4-5-11(2)17-23(20,21)12-6-7-14(16-8-9-22-3)13(10-12)15(18)19/h6-7,10-11,16-17H,4-5,8-9H2,1-3H3,(H,18,19). The molecule has 0 amide bonds. The van der Waals surface area contributed by atoms with Crippen LogP contribution < -0.4 is 10.0 Å². The molecule has 0 aliphatic carbocycles. The molecule has 0 saturated carbocycles. The number of hydrogen-bond donors (Lipinski definition) is 3. The highest BCUT2D eigenvalue weighted by atomic mass is 32.2. The van der Waals surface area contributed by atoms with Gasteiger partial charge < -0.3 is 15.2 Å². The molecule has 1 rings (SSSR count). The molecule has 3 N–H and O–H groups in total. The molecular weight excluding hydrogens is 320 g/mol. The van der Waals surface area contributed by atoms with Gasteiger partial charge in [-0.3, -0.25) is 0 Å². The van der Waals surface area contributed by atoms with E-state index >= 15 is 0 Å². The van der Waals surface area contributed by atoms with Gasteiger partial charge in [0.1, 0.15) is 0 Å². The number of sulfonamides is 1. The van der Waals surface area contributed by atoms with Crippen LogP contribution in [0.25, 0.3) is 0 Å². The maximum Gasteiger partial charge on any atom is 0.337 e. The lowest BCUT2D eigenvalue weighted by atomic mass is 10.2. The first-order valence-corrected chi connectivity index (χ1v) is 8.92. The van der Waals surface area contributed by atoms with E-state index in [2.05, 4.69) is 10.0 Å². The lowest BCUT2D eigenvalue weighted by Gasteiger charge is -2.15. The second kappa shape index (κ2) is 8.85. The highest BCUT2D eigenvalue weighted by molar-refractivity contribution is 7.89. The molecule has 0 radical (unpaired) electrons. The van der Waals surface area contributed by atoms with Crippen molar-refractivity contribution >= 4 is 21.7 Å². The van der Waals surface area contributed by atoms with Gasteiger partial charge in [0.2, 0.25) is 10.0 Å². The van der Waals surface area contributed by atoms with Crippen molar-refractivity contribution in [2.24, 2.45) is 0 Å². The summed E-state index contributed by atoms with van der Waals surface area (Å²) in [5.74, 6) is -1.19. The number of hydrogen-bond acceptors (Lipinski definition) is 5. The van der Waals surface area contributed by atoms with E-state index in [0.717, 1.165) is 6.42 Å². The lowest BCUT2D eigenvalue weighted by molar-refractivity contribution is 0.0697. The van der Waals surface area contributed by atoms with Gasteiger partial charge in [0.15, 0.2) is 0 Å². The van der Waals surface area contributed by atoms with E-state index in [9.17, 15) is 18.3 Å². The summed E-state index contributed by atoms with van der Waals surface area (Å²) in [7, 11) is -2.21. The van der Waals surface area contributed by atoms with Crippen LogP contribution in [0.5, 0.6) is 0 Å². The number of anilines is 1. The van der Waals surface area contributed by atoms with Crippen LogP contribution in [0, 0.1) is 0 Å². The first-order valence-electron chi connectivity index (χ1n) is 7.44. The van der Waals surface area contributed by atoms with Crippen molar-refractivity contribution in [3.05, 3.63) is 23.8 Å². The number of nitrogens with one attached hydrogen (secondary N) is 2. The predicted molar refractivity (Wildman–Crippen MR) is 88.5 cm³/mol. The van der Waals surface area contributed by atoms with Crippen molar-refractivity contribution in [1.29, 1.82) is 0 Å². The van der Waals surface area contributed by atoms with Crippen molar-refractivity contribution in [1.82, 2.24) is 4.72 Å². The van der Waals surface area contributed by atoms with Crippen LogP contribution in [-0.2, 0) is 14.8 Å². The number of benzene rings is 1. The minimum atomic E-state index is -3.75. The van der Waals surface area contributed by atoms with Gasteiger partial charge in [-0.25, -0.2) is 17.9 Å². The van der Waals surface area contributed by atoms with Gasteiger partial charge in [0, 0.05) is 25.4 Å². The van der Waals surface area contributed by atoms with Crippen LogP contribution in [0.4, 0.5) is 5.69 Å². The molecule has 0 aromatic heterocycles. The molecule has 1 aromatic carbocycles. The maximum absolute atomic E-state index is 12.3. The van der Waals surface area contributed by atoms with Crippen LogP contribution in [-0.4, -0.2) is 45.8 Å². The molecule has 0 aliphatic rings. The molecule has 0 spiro atoms. The monoisotopic (exact) mass is 344 g/mol. The zero-order valence-electron chi connectivity index (χ0n) is 13.6. The average molecular weight is 344 g/mol. The summed E-state index contributed by atoms with van der Waals surface area (Å²) in [6.45, 7) is 4.58.